The van der Waals surface area contributed by atoms with Crippen molar-refractivity contribution in [3.8, 4) is 5.75 Å². The molecule has 1 atom stereocenters. The summed E-state index contributed by atoms with van der Waals surface area (Å²) >= 11 is 0. The van der Waals surface area contributed by atoms with Crippen molar-refractivity contribution in [3.63, 3.8) is 0 Å². The van der Waals surface area contributed by atoms with E-state index in [-0.39, 0.29) is 5.75 Å². The van der Waals surface area contributed by atoms with Gasteiger partial charge in [0.1, 0.15) is 0 Å². The third-order valence-electron chi connectivity index (χ3n) is 3.41. The summed E-state index contributed by atoms with van der Waals surface area (Å²) in [5.74, 6) is -2.34. The van der Waals surface area contributed by atoms with E-state index in [4.69, 9.17) is 5.11 Å². The van der Waals surface area contributed by atoms with Gasteiger partial charge in [0, 0.05) is 0 Å². The first kappa shape index (κ1) is 15.5. The van der Waals surface area contributed by atoms with Crippen LogP contribution in [0.15, 0.2) is 12.1 Å². The first-order valence-electron chi connectivity index (χ1n) is 6.73. The van der Waals surface area contributed by atoms with E-state index < -0.39 is 17.7 Å². The number of aromatic hydroxyl groups is 1. The Hall–Kier alpha value is -1.58. The highest BCUT2D eigenvalue weighted by atomic mass is 19.1. The standard InChI is InChI=1S/C15H21FO3/c1-3-5-6-12-11(7-8-13(17)14(12)16)9-10(4-2)15(18)19/h7-8,10,17H,3-6,9H2,1-2H3,(H,18,19). The number of aliphatic carboxylic acids is 1. The second kappa shape index (κ2) is 7.12. The number of phenolic OH excluding ortho intramolecular Hbond substituents is 1. The van der Waals surface area contributed by atoms with Crippen molar-refractivity contribution in [2.45, 2.75) is 46.0 Å². The molecule has 0 heterocycles. The molecule has 0 fully saturated rings. The lowest BCUT2D eigenvalue weighted by Gasteiger charge is -2.15. The molecule has 1 rings (SSSR count). The van der Waals surface area contributed by atoms with Crippen LogP contribution >= 0.6 is 0 Å². The third-order valence-corrected chi connectivity index (χ3v) is 3.41. The zero-order valence-corrected chi connectivity index (χ0v) is 11.4. The number of hydrogen-bond acceptors (Lipinski definition) is 2. The number of rotatable bonds is 7. The summed E-state index contributed by atoms with van der Waals surface area (Å²) in [6, 6.07) is 2.93. The summed E-state index contributed by atoms with van der Waals surface area (Å²) in [6.45, 7) is 3.81. The maximum Gasteiger partial charge on any atom is 0.306 e. The number of phenols is 1. The van der Waals surface area contributed by atoms with Gasteiger partial charge in [0.15, 0.2) is 11.6 Å². The highest BCUT2D eigenvalue weighted by Gasteiger charge is 2.20. The molecule has 4 heteroatoms. The molecule has 0 saturated carbocycles. The van der Waals surface area contributed by atoms with Gasteiger partial charge in [0.25, 0.3) is 0 Å². The van der Waals surface area contributed by atoms with Crippen LogP contribution in [0.5, 0.6) is 5.75 Å². The number of benzene rings is 1. The molecule has 1 aromatic carbocycles. The monoisotopic (exact) mass is 268 g/mol. The van der Waals surface area contributed by atoms with Crippen LogP contribution < -0.4 is 0 Å². The topological polar surface area (TPSA) is 57.5 Å². The van der Waals surface area contributed by atoms with E-state index in [2.05, 4.69) is 0 Å². The van der Waals surface area contributed by atoms with Gasteiger partial charge in [-0.25, -0.2) is 4.39 Å². The van der Waals surface area contributed by atoms with Crippen LogP contribution in [0.2, 0.25) is 0 Å². The van der Waals surface area contributed by atoms with E-state index >= 15 is 0 Å². The Morgan fingerprint density at radius 3 is 2.58 bits per heavy atom. The van der Waals surface area contributed by atoms with Crippen molar-refractivity contribution >= 4 is 5.97 Å². The van der Waals surface area contributed by atoms with E-state index in [0.29, 0.717) is 30.4 Å². The van der Waals surface area contributed by atoms with E-state index in [1.807, 2.05) is 6.92 Å². The van der Waals surface area contributed by atoms with E-state index in [1.165, 1.54) is 6.07 Å². The Bertz CT molecular complexity index is 443. The zero-order valence-electron chi connectivity index (χ0n) is 11.4. The van der Waals surface area contributed by atoms with Crippen molar-refractivity contribution in [2.75, 3.05) is 0 Å². The summed E-state index contributed by atoms with van der Waals surface area (Å²) in [7, 11) is 0. The molecule has 2 N–H and O–H groups in total. The maximum atomic E-state index is 13.9. The highest BCUT2D eigenvalue weighted by Crippen LogP contribution is 2.27. The van der Waals surface area contributed by atoms with Gasteiger partial charge in [-0.1, -0.05) is 26.3 Å². The molecular weight excluding hydrogens is 247 g/mol. The zero-order chi connectivity index (χ0) is 14.4. The number of halogens is 1. The summed E-state index contributed by atoms with van der Waals surface area (Å²) < 4.78 is 13.9. The lowest BCUT2D eigenvalue weighted by molar-refractivity contribution is -0.141. The van der Waals surface area contributed by atoms with Crippen LogP contribution in [0, 0.1) is 11.7 Å². The average Bonchev–Trinajstić information content (AvgIpc) is 2.38. The van der Waals surface area contributed by atoms with E-state index in [0.717, 1.165) is 12.8 Å². The normalized spacial score (nSPS) is 12.4. The van der Waals surface area contributed by atoms with Crippen molar-refractivity contribution < 1.29 is 19.4 Å². The second-order valence-corrected chi connectivity index (χ2v) is 4.79. The van der Waals surface area contributed by atoms with Crippen LogP contribution in [-0.2, 0) is 17.6 Å². The molecular formula is C15H21FO3. The van der Waals surface area contributed by atoms with Gasteiger partial charge in [-0.3, -0.25) is 4.79 Å². The number of carboxylic acids is 1. The summed E-state index contributed by atoms with van der Waals surface area (Å²) in [4.78, 5) is 11.1. The number of carboxylic acid groups (broad SMARTS) is 1. The molecule has 0 aliphatic rings. The van der Waals surface area contributed by atoms with Gasteiger partial charge in [0.05, 0.1) is 5.92 Å². The Balaban J connectivity index is 3.04. The maximum absolute atomic E-state index is 13.9. The third kappa shape index (κ3) is 3.94. The number of hydrogen-bond donors (Lipinski definition) is 2. The predicted octanol–water partition coefficient (Wildman–Crippen LogP) is 3.53. The van der Waals surface area contributed by atoms with Crippen LogP contribution in [0.25, 0.3) is 0 Å². The van der Waals surface area contributed by atoms with Gasteiger partial charge >= 0.3 is 5.97 Å². The smallest absolute Gasteiger partial charge is 0.306 e. The van der Waals surface area contributed by atoms with Gasteiger partial charge in [0.2, 0.25) is 0 Å². The molecule has 0 saturated heterocycles. The van der Waals surface area contributed by atoms with Crippen molar-refractivity contribution in [1.82, 2.24) is 0 Å². The van der Waals surface area contributed by atoms with E-state index in [1.54, 1.807) is 13.0 Å². The Labute approximate surface area is 113 Å². The first-order valence-corrected chi connectivity index (χ1v) is 6.73. The lowest BCUT2D eigenvalue weighted by atomic mass is 9.91. The fourth-order valence-electron chi connectivity index (χ4n) is 2.14. The second-order valence-electron chi connectivity index (χ2n) is 4.79. The summed E-state index contributed by atoms with van der Waals surface area (Å²) in [5, 5.41) is 18.5. The van der Waals surface area contributed by atoms with Gasteiger partial charge in [-0.05, 0) is 42.9 Å². The van der Waals surface area contributed by atoms with Crippen molar-refractivity contribution in [3.05, 3.63) is 29.1 Å². The summed E-state index contributed by atoms with van der Waals surface area (Å²) in [5.41, 5.74) is 1.15. The largest absolute Gasteiger partial charge is 0.505 e. The molecule has 0 aromatic heterocycles. The Kier molecular flexibility index (Phi) is 5.80. The number of unbranched alkanes of at least 4 members (excludes halogenated alkanes) is 1. The molecule has 106 valence electrons. The highest BCUT2D eigenvalue weighted by molar-refractivity contribution is 5.70. The minimum absolute atomic E-state index is 0.308. The molecule has 3 nitrogen and oxygen atoms in total. The number of carbonyl (C=O) groups is 1. The van der Waals surface area contributed by atoms with Crippen molar-refractivity contribution in [2.24, 2.45) is 5.92 Å². The predicted molar refractivity (Wildman–Crippen MR) is 71.8 cm³/mol. The molecule has 0 aliphatic heterocycles. The minimum Gasteiger partial charge on any atom is -0.505 e. The van der Waals surface area contributed by atoms with Crippen LogP contribution in [0.1, 0.15) is 44.2 Å². The lowest BCUT2D eigenvalue weighted by Crippen LogP contribution is -2.16. The first-order chi connectivity index (χ1) is 9.01. The van der Waals surface area contributed by atoms with Crippen LogP contribution in [0.4, 0.5) is 4.39 Å². The molecule has 0 bridgehead atoms. The van der Waals surface area contributed by atoms with Gasteiger partial charge in [-0.2, -0.15) is 0 Å². The minimum atomic E-state index is -0.863. The average molecular weight is 268 g/mol. The Morgan fingerprint density at radius 2 is 2.05 bits per heavy atom. The SMILES string of the molecule is CCCCc1c(CC(CC)C(=O)O)ccc(O)c1F. The van der Waals surface area contributed by atoms with Crippen LogP contribution in [0.3, 0.4) is 0 Å². The molecule has 0 radical (unpaired) electrons. The summed E-state index contributed by atoms with van der Waals surface area (Å²) in [6.07, 6.45) is 3.08. The molecule has 19 heavy (non-hydrogen) atoms. The van der Waals surface area contributed by atoms with Crippen molar-refractivity contribution in [1.29, 1.82) is 0 Å². The molecule has 0 spiro atoms. The molecule has 0 amide bonds. The van der Waals surface area contributed by atoms with Gasteiger partial charge in [-0.15, -0.1) is 0 Å². The fourth-order valence-corrected chi connectivity index (χ4v) is 2.14. The van der Waals surface area contributed by atoms with Crippen LogP contribution in [-0.4, -0.2) is 16.2 Å². The van der Waals surface area contributed by atoms with E-state index in [9.17, 15) is 14.3 Å². The quantitative estimate of drug-likeness (QED) is 0.795. The molecule has 1 unspecified atom stereocenters. The van der Waals surface area contributed by atoms with Gasteiger partial charge < -0.3 is 10.2 Å². The fraction of sp³-hybridized carbons (Fsp3) is 0.533. The molecule has 0 aliphatic carbocycles. The molecule has 1 aromatic rings. The Morgan fingerprint density at radius 1 is 1.37 bits per heavy atom.